The van der Waals surface area contributed by atoms with Gasteiger partial charge in [-0.25, -0.2) is 0 Å². The molecule has 0 saturated heterocycles. The highest BCUT2D eigenvalue weighted by atomic mass is 16.1. The Labute approximate surface area is 81.2 Å². The van der Waals surface area contributed by atoms with Crippen LogP contribution in [-0.2, 0) is 4.79 Å². The summed E-state index contributed by atoms with van der Waals surface area (Å²) in [5, 5.41) is 0. The normalized spacial score (nSPS) is 35.7. The number of allylic oxidation sites excluding steroid dienone is 1. The van der Waals surface area contributed by atoms with Crippen LogP contribution in [0.4, 0.5) is 0 Å². The molecule has 0 aromatic heterocycles. The van der Waals surface area contributed by atoms with Gasteiger partial charge >= 0.3 is 0 Å². The maximum Gasteiger partial charge on any atom is 0.126 e. The van der Waals surface area contributed by atoms with E-state index in [1.165, 1.54) is 19.1 Å². The lowest BCUT2D eigenvalue weighted by Gasteiger charge is -2.27. The minimum atomic E-state index is -0.0809. The predicted molar refractivity (Wildman–Crippen MR) is 55.5 cm³/mol. The molecule has 13 heavy (non-hydrogen) atoms. The SMILES string of the molecule is C=CC(C)C1(C=O)CCC(CC)C1. The van der Waals surface area contributed by atoms with Gasteiger partial charge in [-0.05, 0) is 31.1 Å². The smallest absolute Gasteiger partial charge is 0.126 e. The van der Waals surface area contributed by atoms with E-state index in [0.29, 0.717) is 5.92 Å². The maximum atomic E-state index is 11.1. The molecule has 74 valence electrons. The lowest BCUT2D eigenvalue weighted by molar-refractivity contribution is -0.117. The molecule has 1 saturated carbocycles. The molecule has 1 fully saturated rings. The summed E-state index contributed by atoms with van der Waals surface area (Å²) in [5.41, 5.74) is -0.0809. The van der Waals surface area contributed by atoms with E-state index in [1.54, 1.807) is 0 Å². The zero-order valence-electron chi connectivity index (χ0n) is 8.75. The second kappa shape index (κ2) is 4.08. The van der Waals surface area contributed by atoms with Crippen molar-refractivity contribution in [3.05, 3.63) is 12.7 Å². The highest BCUT2D eigenvalue weighted by molar-refractivity contribution is 5.61. The zero-order chi connectivity index (χ0) is 9.90. The molecule has 0 radical (unpaired) electrons. The summed E-state index contributed by atoms with van der Waals surface area (Å²) in [6.07, 6.45) is 7.65. The van der Waals surface area contributed by atoms with Gasteiger partial charge in [0.1, 0.15) is 6.29 Å². The van der Waals surface area contributed by atoms with Crippen LogP contribution in [0.25, 0.3) is 0 Å². The topological polar surface area (TPSA) is 17.1 Å². The largest absolute Gasteiger partial charge is 0.303 e. The molecule has 0 aromatic carbocycles. The van der Waals surface area contributed by atoms with Gasteiger partial charge in [-0.1, -0.05) is 26.3 Å². The molecule has 3 atom stereocenters. The molecule has 3 unspecified atom stereocenters. The third-order valence-electron chi connectivity index (χ3n) is 3.76. The molecule has 0 heterocycles. The molecule has 0 spiro atoms. The van der Waals surface area contributed by atoms with Crippen LogP contribution in [0, 0.1) is 17.3 Å². The summed E-state index contributed by atoms with van der Waals surface area (Å²) in [6, 6.07) is 0. The molecule has 0 N–H and O–H groups in total. The molecule has 1 nitrogen and oxygen atoms in total. The van der Waals surface area contributed by atoms with Crippen LogP contribution in [0.3, 0.4) is 0 Å². The first-order chi connectivity index (χ1) is 6.18. The number of aldehydes is 1. The minimum absolute atomic E-state index is 0.0809. The van der Waals surface area contributed by atoms with Gasteiger partial charge in [-0.15, -0.1) is 6.58 Å². The third-order valence-corrected chi connectivity index (χ3v) is 3.76. The van der Waals surface area contributed by atoms with Gasteiger partial charge in [0.15, 0.2) is 0 Å². The van der Waals surface area contributed by atoms with E-state index in [4.69, 9.17) is 0 Å². The summed E-state index contributed by atoms with van der Waals surface area (Å²) in [7, 11) is 0. The van der Waals surface area contributed by atoms with Crippen molar-refractivity contribution in [2.45, 2.75) is 39.5 Å². The van der Waals surface area contributed by atoms with Gasteiger partial charge in [-0.2, -0.15) is 0 Å². The van der Waals surface area contributed by atoms with E-state index in [9.17, 15) is 4.79 Å². The second-order valence-corrected chi connectivity index (χ2v) is 4.39. The van der Waals surface area contributed by atoms with Crippen molar-refractivity contribution in [1.29, 1.82) is 0 Å². The summed E-state index contributed by atoms with van der Waals surface area (Å²) < 4.78 is 0. The van der Waals surface area contributed by atoms with E-state index in [1.807, 2.05) is 6.08 Å². The van der Waals surface area contributed by atoms with Crippen LogP contribution < -0.4 is 0 Å². The molecule has 1 aliphatic rings. The summed E-state index contributed by atoms with van der Waals surface area (Å²) in [4.78, 5) is 11.1. The fraction of sp³-hybridized carbons (Fsp3) is 0.750. The molecular formula is C12H20O. The van der Waals surface area contributed by atoms with E-state index in [-0.39, 0.29) is 5.41 Å². The average molecular weight is 180 g/mol. The Morgan fingerprint density at radius 1 is 1.69 bits per heavy atom. The molecule has 0 amide bonds. The second-order valence-electron chi connectivity index (χ2n) is 4.39. The van der Waals surface area contributed by atoms with Crippen LogP contribution in [0.5, 0.6) is 0 Å². The van der Waals surface area contributed by atoms with Crippen molar-refractivity contribution in [2.75, 3.05) is 0 Å². The zero-order valence-corrected chi connectivity index (χ0v) is 8.75. The van der Waals surface area contributed by atoms with Crippen molar-refractivity contribution in [2.24, 2.45) is 17.3 Å². The van der Waals surface area contributed by atoms with Crippen molar-refractivity contribution < 1.29 is 4.79 Å². The van der Waals surface area contributed by atoms with Crippen molar-refractivity contribution in [1.82, 2.24) is 0 Å². The summed E-state index contributed by atoms with van der Waals surface area (Å²) >= 11 is 0. The molecule has 0 aliphatic heterocycles. The van der Waals surface area contributed by atoms with Crippen LogP contribution in [-0.4, -0.2) is 6.29 Å². The Balaban J connectivity index is 2.72. The van der Waals surface area contributed by atoms with Gasteiger partial charge in [0.25, 0.3) is 0 Å². The number of hydrogen-bond acceptors (Lipinski definition) is 1. The Morgan fingerprint density at radius 2 is 2.38 bits per heavy atom. The van der Waals surface area contributed by atoms with Crippen molar-refractivity contribution >= 4 is 6.29 Å². The monoisotopic (exact) mass is 180 g/mol. The van der Waals surface area contributed by atoms with E-state index >= 15 is 0 Å². The van der Waals surface area contributed by atoms with Crippen LogP contribution in [0.1, 0.15) is 39.5 Å². The van der Waals surface area contributed by atoms with Crippen molar-refractivity contribution in [3.8, 4) is 0 Å². The maximum absolute atomic E-state index is 11.1. The molecule has 1 aliphatic carbocycles. The molecular weight excluding hydrogens is 160 g/mol. The average Bonchev–Trinajstić information content (AvgIpc) is 2.61. The minimum Gasteiger partial charge on any atom is -0.303 e. The highest BCUT2D eigenvalue weighted by Gasteiger charge is 2.41. The fourth-order valence-electron chi connectivity index (χ4n) is 2.43. The Bertz CT molecular complexity index is 197. The van der Waals surface area contributed by atoms with Crippen LogP contribution in [0.15, 0.2) is 12.7 Å². The first-order valence-electron chi connectivity index (χ1n) is 5.27. The quantitative estimate of drug-likeness (QED) is 0.479. The summed E-state index contributed by atoms with van der Waals surface area (Å²) in [6.45, 7) is 8.11. The first kappa shape index (κ1) is 10.5. The lowest BCUT2D eigenvalue weighted by atomic mass is 9.75. The van der Waals surface area contributed by atoms with Gasteiger partial charge in [-0.3, -0.25) is 0 Å². The predicted octanol–water partition coefficient (Wildman–Crippen LogP) is 3.20. The van der Waals surface area contributed by atoms with Gasteiger partial charge < -0.3 is 4.79 Å². The third kappa shape index (κ3) is 1.84. The van der Waals surface area contributed by atoms with Crippen LogP contribution in [0.2, 0.25) is 0 Å². The molecule has 0 aromatic rings. The first-order valence-corrected chi connectivity index (χ1v) is 5.27. The Hall–Kier alpha value is -0.590. The summed E-state index contributed by atoms with van der Waals surface area (Å²) in [5.74, 6) is 1.09. The lowest BCUT2D eigenvalue weighted by Crippen LogP contribution is -2.26. The number of carbonyl (C=O) groups is 1. The molecule has 1 heteroatoms. The van der Waals surface area contributed by atoms with E-state index in [0.717, 1.165) is 18.8 Å². The number of hydrogen-bond donors (Lipinski definition) is 0. The Morgan fingerprint density at radius 3 is 2.77 bits per heavy atom. The fourth-order valence-corrected chi connectivity index (χ4v) is 2.43. The van der Waals surface area contributed by atoms with Crippen LogP contribution >= 0.6 is 0 Å². The number of carbonyl (C=O) groups excluding carboxylic acids is 1. The number of rotatable bonds is 4. The van der Waals surface area contributed by atoms with Gasteiger partial charge in [0.05, 0.1) is 0 Å². The standard InChI is InChI=1S/C12H20O/c1-4-10(3)12(9-13)7-6-11(5-2)8-12/h4,9-11H,1,5-8H2,2-3H3. The highest BCUT2D eigenvalue weighted by Crippen LogP contribution is 2.46. The molecule has 1 rings (SSSR count). The Kier molecular flexibility index (Phi) is 3.29. The van der Waals surface area contributed by atoms with Gasteiger partial charge in [0, 0.05) is 5.41 Å². The molecule has 0 bridgehead atoms. The van der Waals surface area contributed by atoms with Gasteiger partial charge in [0.2, 0.25) is 0 Å². The van der Waals surface area contributed by atoms with Crippen molar-refractivity contribution in [3.63, 3.8) is 0 Å². The van der Waals surface area contributed by atoms with E-state index < -0.39 is 0 Å². The van der Waals surface area contributed by atoms with E-state index in [2.05, 4.69) is 20.4 Å².